The molecule has 0 N–H and O–H groups in total. The molecule has 1 aliphatic rings. The van der Waals surface area contributed by atoms with Gasteiger partial charge in [0.05, 0.1) is 5.03 Å². The van der Waals surface area contributed by atoms with Crippen LogP contribution in [0.2, 0.25) is 0 Å². The summed E-state index contributed by atoms with van der Waals surface area (Å²) in [6, 6.07) is 5.36. The summed E-state index contributed by atoms with van der Waals surface area (Å²) in [5, 5.41) is 0.000687. The maximum atomic E-state index is 11.7. The molecule has 1 aromatic carbocycles. The molecule has 3 heteroatoms. The van der Waals surface area contributed by atoms with Gasteiger partial charge in [-0.25, -0.2) is 0 Å². The Hall–Kier alpha value is -1.41. The molecule has 0 fully saturated rings. The molecule has 0 spiro atoms. The number of Topliss-reactive ketones (excluding diaryl/α,β-unsaturated/α-hetero) is 1. The lowest BCUT2D eigenvalue weighted by atomic mass is 9.92. The van der Waals surface area contributed by atoms with E-state index in [9.17, 15) is 9.59 Å². The van der Waals surface area contributed by atoms with Crippen LogP contribution in [0.4, 0.5) is 0 Å². The van der Waals surface area contributed by atoms with Crippen LogP contribution in [0.1, 0.15) is 39.6 Å². The third-order valence-electron chi connectivity index (χ3n) is 2.61. The van der Waals surface area contributed by atoms with E-state index in [-0.39, 0.29) is 16.6 Å². The Kier molecular flexibility index (Phi) is 2.92. The van der Waals surface area contributed by atoms with Gasteiger partial charge in [-0.1, -0.05) is 31.0 Å². The summed E-state index contributed by atoms with van der Waals surface area (Å²) in [4.78, 5) is 23.4. The van der Waals surface area contributed by atoms with Crippen LogP contribution in [0.3, 0.4) is 0 Å². The average molecular weight is 235 g/mol. The van der Waals surface area contributed by atoms with E-state index in [1.54, 1.807) is 12.1 Å². The quantitative estimate of drug-likeness (QED) is 0.788. The summed E-state index contributed by atoms with van der Waals surface area (Å²) in [6.45, 7) is 2.07. The number of allylic oxidation sites excluding steroid dienone is 2. The van der Waals surface area contributed by atoms with Gasteiger partial charge in [-0.2, -0.15) is 0 Å². The first kappa shape index (κ1) is 11.1. The smallest absolute Gasteiger partial charge is 0.205 e. The number of halogens is 1. The number of benzene rings is 1. The molecule has 0 aromatic heterocycles. The van der Waals surface area contributed by atoms with Gasteiger partial charge in [0.1, 0.15) is 0 Å². The Morgan fingerprint density at radius 2 is 1.94 bits per heavy atom. The van der Waals surface area contributed by atoms with Crippen molar-refractivity contribution >= 4 is 23.2 Å². The predicted molar refractivity (Wildman–Crippen MR) is 63.0 cm³/mol. The largest absolute Gasteiger partial charge is 0.289 e. The lowest BCUT2D eigenvalue weighted by Crippen LogP contribution is -2.14. The van der Waals surface area contributed by atoms with Gasteiger partial charge < -0.3 is 0 Å². The lowest BCUT2D eigenvalue weighted by molar-refractivity contribution is 0.0990. The molecule has 0 saturated heterocycles. The van der Waals surface area contributed by atoms with Gasteiger partial charge in [0, 0.05) is 17.2 Å². The van der Waals surface area contributed by atoms with Crippen LogP contribution in [0.5, 0.6) is 0 Å². The molecule has 2 nitrogen and oxygen atoms in total. The molecule has 0 unspecified atom stereocenters. The van der Waals surface area contributed by atoms with E-state index in [1.807, 2.05) is 6.07 Å². The Balaban J connectivity index is 2.51. The highest BCUT2D eigenvalue weighted by Gasteiger charge is 2.24. The van der Waals surface area contributed by atoms with Crippen LogP contribution in [0, 0.1) is 0 Å². The second-order valence-electron chi connectivity index (χ2n) is 3.82. The van der Waals surface area contributed by atoms with Gasteiger partial charge >= 0.3 is 0 Å². The summed E-state index contributed by atoms with van der Waals surface area (Å²) in [6.07, 6.45) is 3.12. The van der Waals surface area contributed by atoms with E-state index in [0.29, 0.717) is 11.1 Å². The van der Waals surface area contributed by atoms with E-state index in [4.69, 9.17) is 11.6 Å². The third-order valence-corrected chi connectivity index (χ3v) is 2.89. The molecule has 0 radical (unpaired) electrons. The normalized spacial score (nSPS) is 14.8. The maximum Gasteiger partial charge on any atom is 0.205 e. The van der Waals surface area contributed by atoms with Gasteiger partial charge in [-0.15, -0.1) is 0 Å². The minimum absolute atomic E-state index is 0.000687. The van der Waals surface area contributed by atoms with Crippen molar-refractivity contribution in [2.24, 2.45) is 0 Å². The molecule has 1 aromatic rings. The molecule has 0 heterocycles. The topological polar surface area (TPSA) is 34.1 Å². The fourth-order valence-corrected chi connectivity index (χ4v) is 2.03. The van der Waals surface area contributed by atoms with E-state index in [2.05, 4.69) is 6.92 Å². The van der Waals surface area contributed by atoms with Gasteiger partial charge in [-0.3, -0.25) is 9.59 Å². The first-order valence-electron chi connectivity index (χ1n) is 5.22. The number of carbonyl (C=O) groups excluding carboxylic acids is 2. The zero-order valence-electron chi connectivity index (χ0n) is 8.92. The van der Waals surface area contributed by atoms with Crippen LogP contribution < -0.4 is 0 Å². The molecule has 82 valence electrons. The lowest BCUT2D eigenvalue weighted by Gasteiger charge is -2.12. The van der Waals surface area contributed by atoms with E-state index >= 15 is 0 Å². The number of hydrogen-bond donors (Lipinski definition) is 0. The summed E-state index contributed by atoms with van der Waals surface area (Å²) in [5.41, 5.74) is 1.96. The summed E-state index contributed by atoms with van der Waals surface area (Å²) in [7, 11) is 0. The summed E-state index contributed by atoms with van der Waals surface area (Å²) < 4.78 is 0. The molecule has 16 heavy (non-hydrogen) atoms. The number of hydrogen-bond acceptors (Lipinski definition) is 2. The predicted octanol–water partition coefficient (Wildman–Crippen LogP) is 3.14. The van der Waals surface area contributed by atoms with Crippen molar-refractivity contribution in [3.05, 3.63) is 46.0 Å². The van der Waals surface area contributed by atoms with Crippen molar-refractivity contribution in [1.29, 1.82) is 0 Å². The standard InChI is InChI=1S/C13H11ClO2/c1-2-3-8-4-5-9-10(6-8)12(15)7-11(14)13(9)16/h4-7H,2-3H2,1H3. The van der Waals surface area contributed by atoms with Crippen LogP contribution in [0.15, 0.2) is 29.3 Å². The first-order chi connectivity index (χ1) is 7.63. The molecule has 2 rings (SSSR count). The van der Waals surface area contributed by atoms with E-state index < -0.39 is 0 Å². The molecule has 0 aliphatic heterocycles. The second kappa shape index (κ2) is 4.22. The number of fused-ring (bicyclic) bond motifs is 1. The number of rotatable bonds is 2. The van der Waals surface area contributed by atoms with Gasteiger partial charge in [0.15, 0.2) is 5.78 Å². The van der Waals surface area contributed by atoms with Gasteiger partial charge in [-0.05, 0) is 24.1 Å². The molecular formula is C13H11ClO2. The Labute approximate surface area is 98.9 Å². The molecule has 0 atom stereocenters. The van der Waals surface area contributed by atoms with Gasteiger partial charge in [0.25, 0.3) is 0 Å². The van der Waals surface area contributed by atoms with Crippen LogP contribution in [-0.4, -0.2) is 11.6 Å². The maximum absolute atomic E-state index is 11.7. The molecule has 0 bridgehead atoms. The molecule has 0 amide bonds. The summed E-state index contributed by atoms with van der Waals surface area (Å²) >= 11 is 5.68. The highest BCUT2D eigenvalue weighted by Crippen LogP contribution is 2.24. The third kappa shape index (κ3) is 1.81. The van der Waals surface area contributed by atoms with Crippen molar-refractivity contribution in [2.45, 2.75) is 19.8 Å². The van der Waals surface area contributed by atoms with E-state index in [0.717, 1.165) is 18.4 Å². The number of aryl methyl sites for hydroxylation is 1. The van der Waals surface area contributed by atoms with E-state index in [1.165, 1.54) is 6.08 Å². The number of ketones is 2. The minimum Gasteiger partial charge on any atom is -0.289 e. The SMILES string of the molecule is CCCc1ccc2c(c1)C(=O)C=C(Cl)C2=O. The van der Waals surface area contributed by atoms with Crippen molar-refractivity contribution in [3.8, 4) is 0 Å². The van der Waals surface area contributed by atoms with Crippen molar-refractivity contribution in [3.63, 3.8) is 0 Å². The fourth-order valence-electron chi connectivity index (χ4n) is 1.82. The highest BCUT2D eigenvalue weighted by atomic mass is 35.5. The summed E-state index contributed by atoms with van der Waals surface area (Å²) in [5.74, 6) is -0.447. The van der Waals surface area contributed by atoms with Crippen LogP contribution >= 0.6 is 11.6 Å². The Bertz CT molecular complexity index is 501. The van der Waals surface area contributed by atoms with Gasteiger partial charge in [0.2, 0.25) is 5.78 Å². The highest BCUT2D eigenvalue weighted by molar-refractivity contribution is 6.49. The monoisotopic (exact) mass is 234 g/mol. The van der Waals surface area contributed by atoms with Crippen LogP contribution in [-0.2, 0) is 6.42 Å². The number of carbonyl (C=O) groups is 2. The Morgan fingerprint density at radius 3 is 2.62 bits per heavy atom. The zero-order valence-corrected chi connectivity index (χ0v) is 9.67. The van der Waals surface area contributed by atoms with Crippen molar-refractivity contribution in [2.75, 3.05) is 0 Å². The zero-order chi connectivity index (χ0) is 11.7. The minimum atomic E-state index is -0.265. The fraction of sp³-hybridized carbons (Fsp3) is 0.231. The average Bonchev–Trinajstić information content (AvgIpc) is 2.27. The van der Waals surface area contributed by atoms with Crippen molar-refractivity contribution in [1.82, 2.24) is 0 Å². The Morgan fingerprint density at radius 1 is 1.19 bits per heavy atom. The first-order valence-corrected chi connectivity index (χ1v) is 5.60. The second-order valence-corrected chi connectivity index (χ2v) is 4.22. The van der Waals surface area contributed by atoms with Crippen LogP contribution in [0.25, 0.3) is 0 Å². The van der Waals surface area contributed by atoms with Crippen molar-refractivity contribution < 1.29 is 9.59 Å². The molecular weight excluding hydrogens is 224 g/mol. The molecule has 1 aliphatic carbocycles. The molecule has 0 saturated carbocycles.